The number of carbonyl (C=O) groups is 1. The largest absolute Gasteiger partial charge is 0.354 e. The average molecular weight is 340 g/mol. The molecule has 0 unspecified atom stereocenters. The van der Waals surface area contributed by atoms with Gasteiger partial charge in [0.15, 0.2) is 0 Å². The molecular formula is C18H24N6O. The molecule has 1 aliphatic heterocycles. The van der Waals surface area contributed by atoms with Gasteiger partial charge in [-0.25, -0.2) is 9.97 Å². The third-order valence-corrected chi connectivity index (χ3v) is 4.53. The third-order valence-electron chi connectivity index (χ3n) is 4.53. The zero-order valence-corrected chi connectivity index (χ0v) is 14.8. The number of anilines is 1. The van der Waals surface area contributed by atoms with Crippen molar-refractivity contribution in [1.29, 1.82) is 0 Å². The summed E-state index contributed by atoms with van der Waals surface area (Å²) in [5.74, 6) is 0.751. The Kier molecular flexibility index (Phi) is 5.55. The highest BCUT2D eigenvalue weighted by Gasteiger charge is 2.19. The first-order valence-electron chi connectivity index (χ1n) is 8.53. The summed E-state index contributed by atoms with van der Waals surface area (Å²) in [5, 5.41) is 0. The molecule has 7 nitrogen and oxygen atoms in total. The minimum atomic E-state index is -0.0770. The van der Waals surface area contributed by atoms with E-state index in [9.17, 15) is 4.79 Å². The Morgan fingerprint density at radius 2 is 1.88 bits per heavy atom. The van der Waals surface area contributed by atoms with E-state index in [0.717, 1.165) is 44.0 Å². The van der Waals surface area contributed by atoms with Gasteiger partial charge < -0.3 is 14.7 Å². The molecule has 25 heavy (non-hydrogen) atoms. The molecule has 132 valence electrons. The minimum Gasteiger partial charge on any atom is -0.354 e. The van der Waals surface area contributed by atoms with Crippen LogP contribution in [0.15, 0.2) is 36.9 Å². The fraction of sp³-hybridized carbons (Fsp3) is 0.444. The fourth-order valence-corrected chi connectivity index (χ4v) is 2.82. The highest BCUT2D eigenvalue weighted by atomic mass is 16.2. The predicted octanol–water partition coefficient (Wildman–Crippen LogP) is 0.938. The van der Waals surface area contributed by atoms with Crippen molar-refractivity contribution < 1.29 is 4.79 Å². The second-order valence-electron chi connectivity index (χ2n) is 6.38. The molecule has 0 bridgehead atoms. The second kappa shape index (κ2) is 8.02. The number of aromatic nitrogens is 3. The van der Waals surface area contributed by atoms with Gasteiger partial charge in [0.25, 0.3) is 5.91 Å². The molecule has 1 saturated heterocycles. The number of amides is 1. The summed E-state index contributed by atoms with van der Waals surface area (Å²) in [7, 11) is 3.92. The lowest BCUT2D eigenvalue weighted by atomic mass is 10.2. The quantitative estimate of drug-likeness (QED) is 0.807. The van der Waals surface area contributed by atoms with Crippen LogP contribution in [-0.2, 0) is 6.42 Å². The zero-order chi connectivity index (χ0) is 17.6. The van der Waals surface area contributed by atoms with Gasteiger partial charge >= 0.3 is 0 Å². The summed E-state index contributed by atoms with van der Waals surface area (Å²) in [6, 6.07) is 5.74. The molecule has 3 rings (SSSR count). The Labute approximate surface area is 148 Å². The molecule has 1 aliphatic rings. The summed E-state index contributed by atoms with van der Waals surface area (Å²) in [6.45, 7) is 4.47. The summed E-state index contributed by atoms with van der Waals surface area (Å²) in [5.41, 5.74) is 1.61. The van der Waals surface area contributed by atoms with Crippen molar-refractivity contribution in [3.63, 3.8) is 0 Å². The van der Waals surface area contributed by atoms with E-state index in [1.807, 2.05) is 12.1 Å². The lowest BCUT2D eigenvalue weighted by Gasteiger charge is -2.33. The van der Waals surface area contributed by atoms with Crippen molar-refractivity contribution in [3.8, 4) is 0 Å². The molecule has 0 spiro atoms. The highest BCUT2D eigenvalue weighted by Crippen LogP contribution is 2.14. The van der Waals surface area contributed by atoms with Crippen LogP contribution in [0, 0.1) is 0 Å². The molecule has 0 radical (unpaired) electrons. The zero-order valence-electron chi connectivity index (χ0n) is 14.8. The topological polar surface area (TPSA) is 65.5 Å². The van der Waals surface area contributed by atoms with E-state index in [0.29, 0.717) is 12.2 Å². The van der Waals surface area contributed by atoms with Crippen molar-refractivity contribution in [2.75, 3.05) is 51.7 Å². The number of hydrogen-bond acceptors (Lipinski definition) is 6. The number of likely N-dealkylation sites (N-methyl/N-ethyl adjacent to an activating group) is 2. The summed E-state index contributed by atoms with van der Waals surface area (Å²) in [6.07, 6.45) is 5.81. The second-order valence-corrected chi connectivity index (χ2v) is 6.38. The molecule has 1 fully saturated rings. The van der Waals surface area contributed by atoms with Gasteiger partial charge in [0, 0.05) is 58.2 Å². The molecule has 3 heterocycles. The monoisotopic (exact) mass is 340 g/mol. The molecule has 1 amide bonds. The minimum absolute atomic E-state index is 0.0770. The lowest BCUT2D eigenvalue weighted by molar-refractivity contribution is 0.0790. The lowest BCUT2D eigenvalue weighted by Crippen LogP contribution is -2.45. The summed E-state index contributed by atoms with van der Waals surface area (Å²) < 4.78 is 0. The van der Waals surface area contributed by atoms with Crippen molar-refractivity contribution >= 4 is 11.7 Å². The van der Waals surface area contributed by atoms with Gasteiger partial charge in [0.2, 0.25) is 0 Å². The molecule has 0 atom stereocenters. The van der Waals surface area contributed by atoms with Gasteiger partial charge in [-0.1, -0.05) is 0 Å². The molecular weight excluding hydrogens is 316 g/mol. The van der Waals surface area contributed by atoms with Crippen LogP contribution < -0.4 is 4.90 Å². The molecule has 2 aromatic heterocycles. The molecule has 0 saturated carbocycles. The van der Waals surface area contributed by atoms with E-state index in [1.54, 1.807) is 30.4 Å². The van der Waals surface area contributed by atoms with Crippen LogP contribution in [-0.4, -0.2) is 77.5 Å². The van der Waals surface area contributed by atoms with Crippen LogP contribution in [0.3, 0.4) is 0 Å². The van der Waals surface area contributed by atoms with Crippen molar-refractivity contribution in [1.82, 2.24) is 24.8 Å². The SMILES string of the molecule is CN1CCN(c2cc(C(=O)N(C)CCc3ccncc3)ncn2)CC1. The van der Waals surface area contributed by atoms with Crippen molar-refractivity contribution in [3.05, 3.63) is 48.2 Å². The first-order chi connectivity index (χ1) is 12.1. The first kappa shape index (κ1) is 17.3. The van der Waals surface area contributed by atoms with Crippen LogP contribution in [0.2, 0.25) is 0 Å². The van der Waals surface area contributed by atoms with Crippen LogP contribution in [0.4, 0.5) is 5.82 Å². The molecule has 0 aromatic carbocycles. The normalized spacial score (nSPS) is 15.2. The van der Waals surface area contributed by atoms with Crippen LogP contribution in [0.5, 0.6) is 0 Å². The number of rotatable bonds is 5. The van der Waals surface area contributed by atoms with Crippen LogP contribution in [0.25, 0.3) is 0 Å². The van der Waals surface area contributed by atoms with Crippen molar-refractivity contribution in [2.24, 2.45) is 0 Å². The molecule has 0 N–H and O–H groups in total. The number of nitrogens with zero attached hydrogens (tertiary/aromatic N) is 6. The Morgan fingerprint density at radius 1 is 1.16 bits per heavy atom. The predicted molar refractivity (Wildman–Crippen MR) is 96.6 cm³/mol. The molecule has 2 aromatic rings. The number of carbonyl (C=O) groups excluding carboxylic acids is 1. The van der Waals surface area contributed by atoms with Gasteiger partial charge in [-0.3, -0.25) is 9.78 Å². The molecule has 7 heteroatoms. The molecule has 0 aliphatic carbocycles. The maximum atomic E-state index is 12.6. The first-order valence-corrected chi connectivity index (χ1v) is 8.53. The van der Waals surface area contributed by atoms with E-state index in [1.165, 1.54) is 6.33 Å². The number of hydrogen-bond donors (Lipinski definition) is 0. The maximum Gasteiger partial charge on any atom is 0.272 e. The van der Waals surface area contributed by atoms with E-state index in [-0.39, 0.29) is 5.91 Å². The highest BCUT2D eigenvalue weighted by molar-refractivity contribution is 5.92. The van der Waals surface area contributed by atoms with E-state index >= 15 is 0 Å². The Bertz CT molecular complexity index is 700. The Hall–Kier alpha value is -2.54. The smallest absolute Gasteiger partial charge is 0.272 e. The standard InChI is InChI=1S/C18H24N6O/c1-22-9-11-24(12-10-22)17-13-16(20-14-21-17)18(25)23(2)8-5-15-3-6-19-7-4-15/h3-4,6-7,13-14H,5,8-12H2,1-2H3. The Morgan fingerprint density at radius 3 is 2.60 bits per heavy atom. The van der Waals surface area contributed by atoms with Crippen molar-refractivity contribution in [2.45, 2.75) is 6.42 Å². The number of pyridine rings is 1. The van der Waals surface area contributed by atoms with Gasteiger partial charge in [-0.15, -0.1) is 0 Å². The van der Waals surface area contributed by atoms with Gasteiger partial charge in [0.1, 0.15) is 17.8 Å². The van der Waals surface area contributed by atoms with E-state index in [4.69, 9.17) is 0 Å². The number of piperazine rings is 1. The van der Waals surface area contributed by atoms with Crippen LogP contribution in [0.1, 0.15) is 16.1 Å². The van der Waals surface area contributed by atoms with Gasteiger partial charge in [-0.2, -0.15) is 0 Å². The van der Waals surface area contributed by atoms with Gasteiger partial charge in [-0.05, 0) is 31.2 Å². The Balaban J connectivity index is 1.62. The fourth-order valence-electron chi connectivity index (χ4n) is 2.82. The summed E-state index contributed by atoms with van der Waals surface area (Å²) in [4.78, 5) is 31.4. The van der Waals surface area contributed by atoms with E-state index in [2.05, 4.69) is 31.8 Å². The van der Waals surface area contributed by atoms with Gasteiger partial charge in [0.05, 0.1) is 0 Å². The maximum absolute atomic E-state index is 12.6. The van der Waals surface area contributed by atoms with E-state index < -0.39 is 0 Å². The average Bonchev–Trinajstić information content (AvgIpc) is 2.67. The summed E-state index contributed by atoms with van der Waals surface area (Å²) >= 11 is 0. The third kappa shape index (κ3) is 4.51. The van der Waals surface area contributed by atoms with Crippen LogP contribution >= 0.6 is 0 Å².